The van der Waals surface area contributed by atoms with Crippen LogP contribution in [0.15, 0.2) is 40.9 Å². The number of amides is 1. The van der Waals surface area contributed by atoms with E-state index in [-0.39, 0.29) is 24.8 Å². The number of hydrogen-bond acceptors (Lipinski definition) is 4. The quantitative estimate of drug-likeness (QED) is 0.576. The van der Waals surface area contributed by atoms with E-state index in [1.54, 1.807) is 24.3 Å². The Kier molecular flexibility index (Phi) is 6.69. The monoisotopic (exact) mass is 417 g/mol. The predicted molar refractivity (Wildman–Crippen MR) is 102 cm³/mol. The molecular weight excluding hydrogens is 398 g/mol. The third-order valence-corrected chi connectivity index (χ3v) is 4.35. The first-order chi connectivity index (χ1) is 12.3. The van der Waals surface area contributed by atoms with Crippen LogP contribution in [0, 0.1) is 20.8 Å². The van der Waals surface area contributed by atoms with Gasteiger partial charge in [-0.25, -0.2) is 0 Å². The Bertz CT molecular complexity index is 820. The highest BCUT2D eigenvalue weighted by atomic mass is 79.9. The van der Waals surface area contributed by atoms with Crippen LogP contribution in [0.25, 0.3) is 0 Å². The van der Waals surface area contributed by atoms with Gasteiger partial charge in [-0.1, -0.05) is 33.6 Å². The maximum Gasteiger partial charge on any atom is 0.325 e. The molecule has 5 nitrogen and oxygen atoms in total. The Labute approximate surface area is 160 Å². The first-order valence-corrected chi connectivity index (χ1v) is 8.87. The number of carbonyl (C=O) groups excluding carboxylic acids is 3. The summed E-state index contributed by atoms with van der Waals surface area (Å²) < 4.78 is 5.85. The summed E-state index contributed by atoms with van der Waals surface area (Å²) in [7, 11) is 0. The zero-order chi connectivity index (χ0) is 19.3. The number of esters is 1. The van der Waals surface area contributed by atoms with E-state index in [0.29, 0.717) is 11.1 Å². The van der Waals surface area contributed by atoms with Crippen LogP contribution >= 0.6 is 15.9 Å². The van der Waals surface area contributed by atoms with Crippen LogP contribution in [0.4, 0.5) is 0 Å². The van der Waals surface area contributed by atoms with Crippen LogP contribution in [0.2, 0.25) is 0 Å². The van der Waals surface area contributed by atoms with E-state index in [4.69, 9.17) is 4.74 Å². The highest BCUT2D eigenvalue weighted by molar-refractivity contribution is 9.10. The summed E-state index contributed by atoms with van der Waals surface area (Å²) in [6, 6.07) is 10.6. The molecule has 0 unspecified atom stereocenters. The van der Waals surface area contributed by atoms with E-state index in [9.17, 15) is 14.4 Å². The Hall–Kier alpha value is -2.47. The van der Waals surface area contributed by atoms with Crippen LogP contribution in [0.1, 0.15) is 37.4 Å². The summed E-state index contributed by atoms with van der Waals surface area (Å²) in [4.78, 5) is 36.1. The molecule has 0 fully saturated rings. The lowest BCUT2D eigenvalue weighted by molar-refractivity contribution is -0.141. The molecule has 26 heavy (non-hydrogen) atoms. The lowest BCUT2D eigenvalue weighted by Gasteiger charge is -2.11. The minimum absolute atomic E-state index is 0.257. The number of halogens is 1. The minimum Gasteiger partial charge on any atom is -0.456 e. The van der Waals surface area contributed by atoms with Crippen molar-refractivity contribution >= 4 is 33.6 Å². The number of hydrogen-bond donors (Lipinski definition) is 1. The van der Waals surface area contributed by atoms with Crippen molar-refractivity contribution in [2.75, 3.05) is 13.2 Å². The third kappa shape index (κ3) is 5.26. The number of rotatable bonds is 6. The van der Waals surface area contributed by atoms with Crippen LogP contribution in [-0.4, -0.2) is 30.8 Å². The lowest BCUT2D eigenvalue weighted by atomic mass is 9.97. The topological polar surface area (TPSA) is 72.5 Å². The Morgan fingerprint density at radius 2 is 1.58 bits per heavy atom. The fourth-order valence-electron chi connectivity index (χ4n) is 2.74. The number of carbonyl (C=O) groups is 3. The van der Waals surface area contributed by atoms with Crippen LogP contribution < -0.4 is 5.32 Å². The molecule has 0 bridgehead atoms. The smallest absolute Gasteiger partial charge is 0.325 e. The SMILES string of the molecule is Cc1cc(C)c(C(=O)COC(=O)CNC(=O)c2ccc(Br)cc2)c(C)c1. The van der Waals surface area contributed by atoms with Crippen molar-refractivity contribution in [2.24, 2.45) is 0 Å². The van der Waals surface area contributed by atoms with Gasteiger partial charge in [0.05, 0.1) is 0 Å². The summed E-state index contributed by atoms with van der Waals surface area (Å²) in [5.41, 5.74) is 3.79. The van der Waals surface area contributed by atoms with Crippen molar-refractivity contribution in [3.8, 4) is 0 Å². The Morgan fingerprint density at radius 1 is 1.00 bits per heavy atom. The minimum atomic E-state index is -0.661. The van der Waals surface area contributed by atoms with E-state index in [1.807, 2.05) is 32.9 Å². The number of nitrogens with one attached hydrogen (secondary N) is 1. The largest absolute Gasteiger partial charge is 0.456 e. The lowest BCUT2D eigenvalue weighted by Crippen LogP contribution is -2.31. The average molecular weight is 418 g/mol. The summed E-state index contributed by atoms with van der Waals surface area (Å²) in [5, 5.41) is 2.47. The molecule has 0 aromatic heterocycles. The van der Waals surface area contributed by atoms with Crippen LogP contribution in [-0.2, 0) is 9.53 Å². The van der Waals surface area contributed by atoms with Crippen LogP contribution in [0.5, 0.6) is 0 Å². The van der Waals surface area contributed by atoms with Gasteiger partial charge in [-0.15, -0.1) is 0 Å². The molecule has 0 atom stereocenters. The van der Waals surface area contributed by atoms with Gasteiger partial charge in [-0.05, 0) is 56.2 Å². The van der Waals surface area contributed by atoms with Gasteiger partial charge in [-0.2, -0.15) is 0 Å². The molecule has 6 heteroatoms. The second-order valence-electron chi connectivity index (χ2n) is 6.05. The molecule has 1 N–H and O–H groups in total. The maximum absolute atomic E-state index is 12.3. The highest BCUT2D eigenvalue weighted by Crippen LogP contribution is 2.17. The predicted octanol–water partition coefficient (Wildman–Crippen LogP) is 3.53. The average Bonchev–Trinajstić information content (AvgIpc) is 2.57. The normalized spacial score (nSPS) is 10.3. The Morgan fingerprint density at radius 3 is 2.15 bits per heavy atom. The highest BCUT2D eigenvalue weighted by Gasteiger charge is 2.16. The molecule has 2 aromatic rings. The molecule has 2 aromatic carbocycles. The number of ketones is 1. The molecule has 0 radical (unpaired) electrons. The van der Waals surface area contributed by atoms with E-state index >= 15 is 0 Å². The molecular formula is C20H20BrNO4. The molecule has 2 rings (SSSR count). The van der Waals surface area contributed by atoms with E-state index in [1.165, 1.54) is 0 Å². The standard InChI is InChI=1S/C20H20BrNO4/c1-12-8-13(2)19(14(3)9-12)17(23)11-26-18(24)10-22-20(25)15-4-6-16(21)7-5-15/h4-9H,10-11H2,1-3H3,(H,22,25). The molecule has 1 amide bonds. The maximum atomic E-state index is 12.3. The zero-order valence-corrected chi connectivity index (χ0v) is 16.5. The molecule has 0 aliphatic heterocycles. The van der Waals surface area contributed by atoms with Gasteiger partial charge in [0.2, 0.25) is 5.78 Å². The number of Topliss-reactive ketones (excluding diaryl/α,β-unsaturated/α-hetero) is 1. The molecule has 0 spiro atoms. The van der Waals surface area contributed by atoms with Gasteiger partial charge in [0.25, 0.3) is 5.91 Å². The zero-order valence-electron chi connectivity index (χ0n) is 14.9. The summed E-state index contributed by atoms with van der Waals surface area (Å²) in [6.45, 7) is 5.02. The van der Waals surface area contributed by atoms with E-state index in [2.05, 4.69) is 21.2 Å². The molecule has 0 aliphatic rings. The van der Waals surface area contributed by atoms with E-state index in [0.717, 1.165) is 21.2 Å². The van der Waals surface area contributed by atoms with Gasteiger partial charge in [-0.3, -0.25) is 14.4 Å². The number of aryl methyl sites for hydroxylation is 3. The first-order valence-electron chi connectivity index (χ1n) is 8.08. The van der Waals surface area contributed by atoms with Gasteiger partial charge >= 0.3 is 5.97 Å². The number of benzene rings is 2. The second-order valence-corrected chi connectivity index (χ2v) is 6.96. The van der Waals surface area contributed by atoms with Gasteiger partial charge in [0.1, 0.15) is 6.54 Å². The van der Waals surface area contributed by atoms with Crippen molar-refractivity contribution in [3.05, 3.63) is 68.7 Å². The van der Waals surface area contributed by atoms with Gasteiger partial charge < -0.3 is 10.1 Å². The molecule has 0 heterocycles. The van der Waals surface area contributed by atoms with E-state index < -0.39 is 5.97 Å². The van der Waals surface area contributed by atoms with Crippen molar-refractivity contribution in [2.45, 2.75) is 20.8 Å². The van der Waals surface area contributed by atoms with Crippen LogP contribution in [0.3, 0.4) is 0 Å². The van der Waals surface area contributed by atoms with Gasteiger partial charge in [0.15, 0.2) is 6.61 Å². The number of ether oxygens (including phenoxy) is 1. The van der Waals surface area contributed by atoms with Crippen molar-refractivity contribution < 1.29 is 19.1 Å². The molecule has 0 saturated carbocycles. The first kappa shape index (κ1) is 19.8. The summed E-state index contributed by atoms with van der Waals surface area (Å²) >= 11 is 3.29. The second kappa shape index (κ2) is 8.76. The molecule has 0 aliphatic carbocycles. The summed E-state index contributed by atoms with van der Waals surface area (Å²) in [6.07, 6.45) is 0. The fraction of sp³-hybridized carbons (Fsp3) is 0.250. The molecule has 136 valence electrons. The third-order valence-electron chi connectivity index (χ3n) is 3.82. The summed E-state index contributed by atoms with van der Waals surface area (Å²) in [5.74, 6) is -1.30. The van der Waals surface area contributed by atoms with Crippen molar-refractivity contribution in [1.29, 1.82) is 0 Å². The fourth-order valence-corrected chi connectivity index (χ4v) is 3.01. The van der Waals surface area contributed by atoms with Crippen molar-refractivity contribution in [3.63, 3.8) is 0 Å². The Balaban J connectivity index is 1.86. The van der Waals surface area contributed by atoms with Crippen molar-refractivity contribution in [1.82, 2.24) is 5.32 Å². The van der Waals surface area contributed by atoms with Gasteiger partial charge in [0, 0.05) is 15.6 Å². The molecule has 0 saturated heterocycles.